The van der Waals surface area contributed by atoms with Gasteiger partial charge >= 0.3 is 0 Å². The molecular weight excluding hydrogens is 248 g/mol. The summed E-state index contributed by atoms with van der Waals surface area (Å²) in [7, 11) is 0. The van der Waals surface area contributed by atoms with E-state index in [0.717, 1.165) is 5.56 Å². The normalized spacial score (nSPS) is 13.9. The number of aliphatic hydroxyl groups is 1. The van der Waals surface area contributed by atoms with Crippen LogP contribution in [-0.4, -0.2) is 17.0 Å². The van der Waals surface area contributed by atoms with Crippen LogP contribution >= 0.6 is 11.6 Å². The predicted molar refractivity (Wildman–Crippen MR) is 71.8 cm³/mol. The van der Waals surface area contributed by atoms with Crippen LogP contribution < -0.4 is 0 Å². The van der Waals surface area contributed by atoms with Crippen molar-refractivity contribution in [3.63, 3.8) is 0 Å². The summed E-state index contributed by atoms with van der Waals surface area (Å²) in [4.78, 5) is 12.0. The van der Waals surface area contributed by atoms with Gasteiger partial charge in [-0.05, 0) is 5.56 Å². The third kappa shape index (κ3) is 2.78. The molecule has 0 aliphatic rings. The molecule has 18 heavy (non-hydrogen) atoms. The van der Waals surface area contributed by atoms with Crippen molar-refractivity contribution < 1.29 is 9.90 Å². The number of benzene rings is 2. The number of rotatable bonds is 4. The molecule has 0 aliphatic heterocycles. The number of aliphatic hydroxyl groups excluding tert-OH is 1. The number of alkyl halides is 1. The highest BCUT2D eigenvalue weighted by Crippen LogP contribution is 2.26. The zero-order valence-electron chi connectivity index (χ0n) is 9.66. The monoisotopic (exact) mass is 260 g/mol. The van der Waals surface area contributed by atoms with E-state index in [-0.39, 0.29) is 5.78 Å². The zero-order chi connectivity index (χ0) is 13.0. The lowest BCUT2D eigenvalue weighted by Gasteiger charge is -2.16. The molecule has 0 spiro atoms. The van der Waals surface area contributed by atoms with E-state index in [1.165, 1.54) is 0 Å². The number of ketones is 1. The Bertz CT molecular complexity index is 511. The molecule has 0 bridgehead atoms. The quantitative estimate of drug-likeness (QED) is 0.677. The number of carbonyl (C=O) groups is 1. The minimum absolute atomic E-state index is 0.362. The maximum absolute atomic E-state index is 12.0. The molecule has 0 saturated carbocycles. The van der Waals surface area contributed by atoms with Crippen LogP contribution in [0, 0.1) is 0 Å². The first-order chi connectivity index (χ1) is 8.70. The first-order valence-corrected chi connectivity index (χ1v) is 6.10. The lowest BCUT2D eigenvalue weighted by atomic mass is 10.00. The second-order valence-electron chi connectivity index (χ2n) is 3.99. The van der Waals surface area contributed by atoms with Crippen LogP contribution in [0.1, 0.15) is 21.3 Å². The minimum atomic E-state index is -1.24. The third-order valence-electron chi connectivity index (χ3n) is 2.72. The lowest BCUT2D eigenvalue weighted by Crippen LogP contribution is -2.25. The summed E-state index contributed by atoms with van der Waals surface area (Å²) in [5.41, 5.74) is 1.20. The molecule has 0 fully saturated rings. The summed E-state index contributed by atoms with van der Waals surface area (Å²) < 4.78 is 0. The van der Waals surface area contributed by atoms with E-state index < -0.39 is 11.5 Å². The Kier molecular flexibility index (Phi) is 4.13. The lowest BCUT2D eigenvalue weighted by molar-refractivity contribution is 0.0738. The van der Waals surface area contributed by atoms with Crippen LogP contribution in [0.15, 0.2) is 60.7 Å². The summed E-state index contributed by atoms with van der Waals surface area (Å²) in [5.74, 6) is -0.362. The van der Waals surface area contributed by atoms with Gasteiger partial charge in [0, 0.05) is 5.56 Å². The van der Waals surface area contributed by atoms with Gasteiger partial charge in [-0.2, -0.15) is 0 Å². The van der Waals surface area contributed by atoms with Crippen molar-refractivity contribution in [2.24, 2.45) is 0 Å². The van der Waals surface area contributed by atoms with Gasteiger partial charge in [0.05, 0.1) is 5.38 Å². The standard InChI is InChI=1S/C15H13ClO2/c16-13(11-7-3-1-4-8-11)15(18)14(17)12-9-5-2-6-10-12/h1-10,13,15,18H/t13-,15-/m0/s1. The molecule has 0 radical (unpaired) electrons. The van der Waals surface area contributed by atoms with E-state index in [0.29, 0.717) is 5.56 Å². The van der Waals surface area contributed by atoms with E-state index in [1.807, 2.05) is 24.3 Å². The Hall–Kier alpha value is -1.64. The van der Waals surface area contributed by atoms with E-state index in [1.54, 1.807) is 36.4 Å². The van der Waals surface area contributed by atoms with Gasteiger partial charge in [-0.25, -0.2) is 0 Å². The van der Waals surface area contributed by atoms with Crippen LogP contribution in [-0.2, 0) is 0 Å². The van der Waals surface area contributed by atoms with Crippen molar-refractivity contribution in [1.82, 2.24) is 0 Å². The van der Waals surface area contributed by atoms with Crippen LogP contribution in [0.2, 0.25) is 0 Å². The molecule has 2 rings (SSSR count). The molecule has 2 aromatic carbocycles. The van der Waals surface area contributed by atoms with Crippen molar-refractivity contribution in [2.45, 2.75) is 11.5 Å². The number of halogens is 1. The third-order valence-corrected chi connectivity index (χ3v) is 3.21. The molecule has 0 amide bonds. The van der Waals surface area contributed by atoms with Crippen LogP contribution in [0.25, 0.3) is 0 Å². The average molecular weight is 261 g/mol. The van der Waals surface area contributed by atoms with Crippen LogP contribution in [0.5, 0.6) is 0 Å². The van der Waals surface area contributed by atoms with E-state index in [4.69, 9.17) is 11.6 Å². The number of hydrogen-bond acceptors (Lipinski definition) is 2. The Morgan fingerprint density at radius 3 is 2.00 bits per heavy atom. The molecule has 0 unspecified atom stereocenters. The molecule has 92 valence electrons. The van der Waals surface area contributed by atoms with E-state index >= 15 is 0 Å². The summed E-state index contributed by atoms with van der Waals surface area (Å²) in [6.07, 6.45) is -1.24. The molecule has 3 heteroatoms. The summed E-state index contributed by atoms with van der Waals surface area (Å²) in [6, 6.07) is 17.8. The van der Waals surface area contributed by atoms with E-state index in [9.17, 15) is 9.90 Å². The van der Waals surface area contributed by atoms with Gasteiger partial charge < -0.3 is 5.11 Å². The molecule has 2 aromatic rings. The second kappa shape index (κ2) is 5.80. The summed E-state index contributed by atoms with van der Waals surface area (Å²) in [6.45, 7) is 0. The van der Waals surface area contributed by atoms with Crippen LogP contribution in [0.4, 0.5) is 0 Å². The molecule has 2 atom stereocenters. The highest BCUT2D eigenvalue weighted by molar-refractivity contribution is 6.23. The molecule has 0 heterocycles. The number of carbonyl (C=O) groups excluding carboxylic acids is 1. The van der Waals surface area contributed by atoms with Crippen molar-refractivity contribution in [3.8, 4) is 0 Å². The Balaban J connectivity index is 2.17. The van der Waals surface area contributed by atoms with Gasteiger partial charge in [0.1, 0.15) is 6.10 Å². The number of Topliss-reactive ketones (excluding diaryl/α,β-unsaturated/α-hetero) is 1. The first kappa shape index (κ1) is 12.8. The van der Waals surface area contributed by atoms with Crippen molar-refractivity contribution >= 4 is 17.4 Å². The minimum Gasteiger partial charge on any atom is -0.383 e. The molecule has 0 aliphatic carbocycles. The fourth-order valence-electron chi connectivity index (χ4n) is 1.73. The first-order valence-electron chi connectivity index (χ1n) is 5.66. The maximum atomic E-state index is 12.0. The highest BCUT2D eigenvalue weighted by atomic mass is 35.5. The maximum Gasteiger partial charge on any atom is 0.193 e. The highest BCUT2D eigenvalue weighted by Gasteiger charge is 2.26. The van der Waals surface area contributed by atoms with Crippen molar-refractivity contribution in [1.29, 1.82) is 0 Å². The Morgan fingerprint density at radius 1 is 0.944 bits per heavy atom. The SMILES string of the molecule is O=C(c1ccccc1)[C@@H](O)[C@@H](Cl)c1ccccc1. The topological polar surface area (TPSA) is 37.3 Å². The molecular formula is C15H13ClO2. The van der Waals surface area contributed by atoms with Gasteiger partial charge in [-0.3, -0.25) is 4.79 Å². The zero-order valence-corrected chi connectivity index (χ0v) is 10.4. The second-order valence-corrected chi connectivity index (χ2v) is 4.46. The molecule has 1 N–H and O–H groups in total. The summed E-state index contributed by atoms with van der Waals surface area (Å²) >= 11 is 6.13. The van der Waals surface area contributed by atoms with E-state index in [2.05, 4.69) is 0 Å². The average Bonchev–Trinajstić information content (AvgIpc) is 2.47. The van der Waals surface area contributed by atoms with Crippen LogP contribution in [0.3, 0.4) is 0 Å². The smallest absolute Gasteiger partial charge is 0.193 e. The fraction of sp³-hybridized carbons (Fsp3) is 0.133. The fourth-order valence-corrected chi connectivity index (χ4v) is 1.99. The number of hydrogen-bond donors (Lipinski definition) is 1. The Labute approximate surface area is 111 Å². The predicted octanol–water partition coefficient (Wildman–Crippen LogP) is 3.21. The molecule has 2 nitrogen and oxygen atoms in total. The largest absolute Gasteiger partial charge is 0.383 e. The Morgan fingerprint density at radius 2 is 1.44 bits per heavy atom. The molecule has 0 aromatic heterocycles. The van der Waals surface area contributed by atoms with Gasteiger partial charge in [0.15, 0.2) is 5.78 Å². The molecule has 0 saturated heterocycles. The van der Waals surface area contributed by atoms with Gasteiger partial charge in [-0.1, -0.05) is 60.7 Å². The van der Waals surface area contributed by atoms with Gasteiger partial charge in [-0.15, -0.1) is 11.6 Å². The summed E-state index contributed by atoms with van der Waals surface area (Å²) in [5, 5.41) is 9.27. The van der Waals surface area contributed by atoms with Gasteiger partial charge in [0.25, 0.3) is 0 Å². The van der Waals surface area contributed by atoms with Gasteiger partial charge in [0.2, 0.25) is 0 Å². The van der Waals surface area contributed by atoms with Crippen molar-refractivity contribution in [2.75, 3.05) is 0 Å². The van der Waals surface area contributed by atoms with Crippen molar-refractivity contribution in [3.05, 3.63) is 71.8 Å².